The number of nitrogens with one attached hydrogen (secondary N) is 1. The molecule has 0 unspecified atom stereocenters. The summed E-state index contributed by atoms with van der Waals surface area (Å²) in [5.41, 5.74) is 6.00. The lowest BCUT2D eigenvalue weighted by Crippen LogP contribution is -2.22. The highest BCUT2D eigenvalue weighted by molar-refractivity contribution is 5.95. The number of nitrogen functional groups attached to an aromatic ring is 1. The van der Waals surface area contributed by atoms with Crippen molar-refractivity contribution in [2.75, 3.05) is 5.73 Å². The topological polar surface area (TPSA) is 101 Å². The minimum atomic E-state index is -0.322. The molecule has 0 saturated carbocycles. The van der Waals surface area contributed by atoms with Crippen molar-refractivity contribution in [1.29, 1.82) is 0 Å². The Kier molecular flexibility index (Phi) is 2.95. The van der Waals surface area contributed by atoms with Gasteiger partial charge in [0.15, 0.2) is 5.76 Å². The zero-order valence-electron chi connectivity index (χ0n) is 8.88. The summed E-state index contributed by atoms with van der Waals surface area (Å²) in [6, 6.07) is 5.97. The number of phenols is 1. The molecule has 0 aliphatic heterocycles. The zero-order valence-corrected chi connectivity index (χ0v) is 8.88. The fourth-order valence-corrected chi connectivity index (χ4v) is 1.29. The van der Waals surface area contributed by atoms with Gasteiger partial charge in [-0.25, -0.2) is 0 Å². The van der Waals surface area contributed by atoms with Crippen LogP contribution in [0, 0.1) is 0 Å². The third-order valence-corrected chi connectivity index (χ3v) is 2.21. The van der Waals surface area contributed by atoms with Crippen LogP contribution in [0.3, 0.4) is 0 Å². The van der Waals surface area contributed by atoms with Gasteiger partial charge >= 0.3 is 0 Å². The summed E-state index contributed by atoms with van der Waals surface area (Å²) in [6.07, 6.45) is 1.50. The molecule has 0 fully saturated rings. The van der Waals surface area contributed by atoms with Crippen LogP contribution in [0.2, 0.25) is 0 Å². The molecular weight excluding hydrogens is 222 g/mol. The predicted molar refractivity (Wildman–Crippen MR) is 60.2 cm³/mol. The Labute approximate surface area is 97.0 Å². The molecule has 0 spiro atoms. The first-order valence-corrected chi connectivity index (χ1v) is 4.93. The number of aromatic hydroxyl groups is 1. The van der Waals surface area contributed by atoms with Gasteiger partial charge in [0.05, 0.1) is 18.4 Å². The van der Waals surface area contributed by atoms with Crippen LogP contribution in [-0.2, 0) is 6.54 Å². The molecule has 0 radical (unpaired) electrons. The number of amides is 1. The second kappa shape index (κ2) is 4.56. The lowest BCUT2D eigenvalue weighted by Gasteiger charge is -2.04. The first kappa shape index (κ1) is 11.0. The number of hydrogen-bond donors (Lipinski definition) is 3. The van der Waals surface area contributed by atoms with Gasteiger partial charge in [0.1, 0.15) is 5.75 Å². The van der Waals surface area contributed by atoms with Crippen LogP contribution in [0.5, 0.6) is 5.75 Å². The lowest BCUT2D eigenvalue weighted by atomic mass is 10.2. The maximum absolute atomic E-state index is 11.7. The number of rotatable bonds is 3. The maximum Gasteiger partial charge on any atom is 0.251 e. The van der Waals surface area contributed by atoms with Gasteiger partial charge in [-0.15, -0.1) is 0 Å². The van der Waals surface area contributed by atoms with E-state index in [4.69, 9.17) is 10.3 Å². The normalized spacial score (nSPS) is 10.1. The van der Waals surface area contributed by atoms with Crippen molar-refractivity contribution >= 4 is 11.6 Å². The van der Waals surface area contributed by atoms with E-state index in [0.29, 0.717) is 11.3 Å². The molecule has 6 heteroatoms. The molecule has 2 aromatic rings. The molecular formula is C11H11N3O3. The van der Waals surface area contributed by atoms with Crippen LogP contribution in [0.25, 0.3) is 0 Å². The van der Waals surface area contributed by atoms with Crippen molar-refractivity contribution in [3.8, 4) is 5.75 Å². The molecule has 2 rings (SSSR count). The number of anilines is 1. The standard InChI is InChI=1S/C11H11N3O3/c12-9-2-1-7(5-10(9)15)11(16)13-6-8-3-4-14-17-8/h1-5,15H,6,12H2,(H,13,16). The minimum Gasteiger partial charge on any atom is -0.506 e. The van der Waals surface area contributed by atoms with E-state index in [1.165, 1.54) is 24.4 Å². The van der Waals surface area contributed by atoms with E-state index in [9.17, 15) is 9.90 Å². The van der Waals surface area contributed by atoms with Gasteiger partial charge in [-0.1, -0.05) is 5.16 Å². The van der Waals surface area contributed by atoms with Gasteiger partial charge in [0, 0.05) is 11.6 Å². The molecule has 0 aliphatic carbocycles. The van der Waals surface area contributed by atoms with Gasteiger partial charge in [-0.05, 0) is 18.2 Å². The number of aromatic nitrogens is 1. The zero-order chi connectivity index (χ0) is 12.3. The summed E-state index contributed by atoms with van der Waals surface area (Å²) in [7, 11) is 0. The smallest absolute Gasteiger partial charge is 0.251 e. The first-order valence-electron chi connectivity index (χ1n) is 4.93. The average molecular weight is 233 g/mol. The number of phenolic OH excluding ortho intramolecular Hbond substituents is 1. The molecule has 0 saturated heterocycles. The fourth-order valence-electron chi connectivity index (χ4n) is 1.29. The van der Waals surface area contributed by atoms with Crippen molar-refractivity contribution in [3.05, 3.63) is 41.8 Å². The minimum absolute atomic E-state index is 0.114. The summed E-state index contributed by atoms with van der Waals surface area (Å²) in [4.78, 5) is 11.7. The van der Waals surface area contributed by atoms with Crippen LogP contribution in [0.1, 0.15) is 16.1 Å². The maximum atomic E-state index is 11.7. The number of nitrogens with zero attached hydrogens (tertiary/aromatic N) is 1. The highest BCUT2D eigenvalue weighted by atomic mass is 16.5. The van der Waals surface area contributed by atoms with E-state index in [2.05, 4.69) is 10.5 Å². The molecule has 1 amide bonds. The molecule has 1 heterocycles. The van der Waals surface area contributed by atoms with Crippen LogP contribution >= 0.6 is 0 Å². The van der Waals surface area contributed by atoms with Crippen LogP contribution < -0.4 is 11.1 Å². The molecule has 1 aromatic carbocycles. The number of nitrogens with two attached hydrogens (primary N) is 1. The van der Waals surface area contributed by atoms with E-state index >= 15 is 0 Å². The second-order valence-electron chi connectivity index (χ2n) is 3.44. The highest BCUT2D eigenvalue weighted by Crippen LogP contribution is 2.20. The number of carbonyl (C=O) groups excluding carboxylic acids is 1. The predicted octanol–water partition coefficient (Wildman–Crippen LogP) is 0.892. The van der Waals surface area contributed by atoms with Crippen molar-refractivity contribution in [1.82, 2.24) is 10.5 Å². The molecule has 4 N–H and O–H groups in total. The molecule has 17 heavy (non-hydrogen) atoms. The van der Waals surface area contributed by atoms with Gasteiger partial charge in [0.25, 0.3) is 5.91 Å². The number of carbonyl (C=O) groups is 1. The SMILES string of the molecule is Nc1ccc(C(=O)NCc2ccno2)cc1O. The Hall–Kier alpha value is -2.50. The lowest BCUT2D eigenvalue weighted by molar-refractivity contribution is 0.0946. The monoisotopic (exact) mass is 233 g/mol. The van der Waals surface area contributed by atoms with Crippen LogP contribution in [0.15, 0.2) is 35.0 Å². The van der Waals surface area contributed by atoms with Crippen LogP contribution in [-0.4, -0.2) is 16.2 Å². The molecule has 0 bridgehead atoms. The number of benzene rings is 1. The molecule has 88 valence electrons. The Morgan fingerprint density at radius 2 is 2.29 bits per heavy atom. The Bertz CT molecular complexity index is 523. The van der Waals surface area contributed by atoms with Crippen molar-refractivity contribution < 1.29 is 14.4 Å². The van der Waals surface area contributed by atoms with E-state index in [1.807, 2.05) is 0 Å². The summed E-state index contributed by atoms with van der Waals surface area (Å²) < 4.78 is 4.83. The second-order valence-corrected chi connectivity index (χ2v) is 3.44. The van der Waals surface area contributed by atoms with E-state index in [1.54, 1.807) is 6.07 Å². The van der Waals surface area contributed by atoms with E-state index in [-0.39, 0.29) is 23.9 Å². The van der Waals surface area contributed by atoms with Crippen molar-refractivity contribution in [2.24, 2.45) is 0 Å². The highest BCUT2D eigenvalue weighted by Gasteiger charge is 2.08. The number of hydrogen-bond acceptors (Lipinski definition) is 5. The summed E-state index contributed by atoms with van der Waals surface area (Å²) in [5.74, 6) is 0.118. The van der Waals surface area contributed by atoms with Crippen LogP contribution in [0.4, 0.5) is 5.69 Å². The van der Waals surface area contributed by atoms with Gasteiger partial charge in [-0.2, -0.15) is 0 Å². The Morgan fingerprint density at radius 3 is 2.94 bits per heavy atom. The van der Waals surface area contributed by atoms with Crippen molar-refractivity contribution in [2.45, 2.75) is 6.54 Å². The summed E-state index contributed by atoms with van der Waals surface area (Å²) in [5, 5.41) is 15.5. The van der Waals surface area contributed by atoms with Crippen molar-refractivity contribution in [3.63, 3.8) is 0 Å². The molecule has 0 aliphatic rings. The van der Waals surface area contributed by atoms with Gasteiger partial charge in [-0.3, -0.25) is 4.79 Å². The fraction of sp³-hybridized carbons (Fsp3) is 0.0909. The third kappa shape index (κ3) is 2.54. The van der Waals surface area contributed by atoms with E-state index < -0.39 is 0 Å². The summed E-state index contributed by atoms with van der Waals surface area (Å²) >= 11 is 0. The average Bonchev–Trinajstić information content (AvgIpc) is 2.82. The van der Waals surface area contributed by atoms with Gasteiger partial charge in [0.2, 0.25) is 0 Å². The third-order valence-electron chi connectivity index (χ3n) is 2.21. The largest absolute Gasteiger partial charge is 0.506 e. The molecule has 6 nitrogen and oxygen atoms in total. The Balaban J connectivity index is 2.02. The first-order chi connectivity index (χ1) is 8.16. The Morgan fingerprint density at radius 1 is 1.47 bits per heavy atom. The molecule has 1 aromatic heterocycles. The van der Waals surface area contributed by atoms with Gasteiger partial charge < -0.3 is 20.7 Å². The molecule has 0 atom stereocenters. The summed E-state index contributed by atoms with van der Waals surface area (Å²) in [6.45, 7) is 0.240. The van der Waals surface area contributed by atoms with E-state index in [0.717, 1.165) is 0 Å². The quantitative estimate of drug-likeness (QED) is 0.540.